The molecule has 0 saturated heterocycles. The van der Waals surface area contributed by atoms with E-state index < -0.39 is 0 Å². The Kier molecular flexibility index (Phi) is 4.33. The molecule has 0 N–H and O–H groups in total. The van der Waals surface area contributed by atoms with Gasteiger partial charge < -0.3 is 4.74 Å². The van der Waals surface area contributed by atoms with Gasteiger partial charge in [0.1, 0.15) is 12.1 Å². The topological polar surface area (TPSA) is 65.0 Å². The predicted molar refractivity (Wildman–Crippen MR) is 91.5 cm³/mol. The predicted octanol–water partition coefficient (Wildman–Crippen LogP) is 3.75. The lowest BCUT2D eigenvalue weighted by atomic mass is 10.1. The molecule has 3 rings (SSSR count). The Morgan fingerprint density at radius 1 is 0.917 bits per heavy atom. The molecule has 0 radical (unpaired) electrons. The molecule has 0 saturated carbocycles. The van der Waals surface area contributed by atoms with E-state index in [-0.39, 0.29) is 5.97 Å². The maximum atomic E-state index is 11.4. The molecule has 0 aliphatic heterocycles. The summed E-state index contributed by atoms with van der Waals surface area (Å²) in [6.07, 6.45) is 1.47. The van der Waals surface area contributed by atoms with Crippen molar-refractivity contribution >= 4 is 5.97 Å². The fourth-order valence-corrected chi connectivity index (χ4v) is 2.32. The van der Waals surface area contributed by atoms with Crippen molar-refractivity contribution in [1.82, 2.24) is 15.0 Å². The van der Waals surface area contributed by atoms with E-state index in [0.29, 0.717) is 23.0 Å². The molecule has 1 aromatic heterocycles. The third kappa shape index (κ3) is 3.46. The van der Waals surface area contributed by atoms with Crippen LogP contribution in [0.15, 0.2) is 48.8 Å². The molecular weight excluding hydrogens is 302 g/mol. The molecular formula is C19H17N3O2. The smallest absolute Gasteiger partial charge is 0.308 e. The summed E-state index contributed by atoms with van der Waals surface area (Å²) in [5, 5.41) is 0. The Morgan fingerprint density at radius 3 is 2.29 bits per heavy atom. The van der Waals surface area contributed by atoms with Crippen molar-refractivity contribution < 1.29 is 9.53 Å². The highest BCUT2D eigenvalue weighted by molar-refractivity contribution is 5.75. The monoisotopic (exact) mass is 319 g/mol. The van der Waals surface area contributed by atoms with Crippen LogP contribution in [0.1, 0.15) is 18.1 Å². The average molecular weight is 319 g/mol. The van der Waals surface area contributed by atoms with Gasteiger partial charge >= 0.3 is 5.97 Å². The quantitative estimate of drug-likeness (QED) is 0.543. The number of ether oxygens (including phenoxy) is 1. The normalized spacial score (nSPS) is 10.5. The number of aromatic nitrogens is 3. The summed E-state index contributed by atoms with van der Waals surface area (Å²) in [5.41, 5.74) is 3.73. The van der Waals surface area contributed by atoms with Gasteiger partial charge in [-0.3, -0.25) is 4.79 Å². The highest BCUT2D eigenvalue weighted by atomic mass is 16.5. The molecule has 0 amide bonds. The van der Waals surface area contributed by atoms with E-state index >= 15 is 0 Å². The minimum atomic E-state index is -0.380. The molecule has 5 nitrogen and oxygen atoms in total. The number of carbonyl (C=O) groups is 1. The van der Waals surface area contributed by atoms with Crippen LogP contribution in [0.5, 0.6) is 5.75 Å². The van der Waals surface area contributed by atoms with Gasteiger partial charge in [0.05, 0.1) is 5.56 Å². The van der Waals surface area contributed by atoms with Crippen molar-refractivity contribution in [3.05, 3.63) is 59.9 Å². The molecule has 0 aliphatic carbocycles. The zero-order valence-corrected chi connectivity index (χ0v) is 13.8. The van der Waals surface area contributed by atoms with E-state index in [9.17, 15) is 4.79 Å². The molecule has 0 aliphatic rings. The SMILES string of the molecule is CC(=O)Oc1cc(C)ccc1-c1ncnc(-c2ccc(C)cc2)n1. The number of rotatable bonds is 3. The van der Waals surface area contributed by atoms with Crippen LogP contribution in [0, 0.1) is 13.8 Å². The number of benzene rings is 2. The van der Waals surface area contributed by atoms with Crippen molar-refractivity contribution in [3.8, 4) is 28.5 Å². The zero-order valence-electron chi connectivity index (χ0n) is 13.8. The number of hydrogen-bond donors (Lipinski definition) is 0. The first-order valence-corrected chi connectivity index (χ1v) is 7.58. The Morgan fingerprint density at radius 2 is 1.58 bits per heavy atom. The van der Waals surface area contributed by atoms with Crippen molar-refractivity contribution in [2.75, 3.05) is 0 Å². The molecule has 5 heteroatoms. The Labute approximate surface area is 140 Å². The summed E-state index contributed by atoms with van der Waals surface area (Å²) in [5.74, 6) is 1.12. The van der Waals surface area contributed by atoms with Gasteiger partial charge in [-0.05, 0) is 31.5 Å². The van der Waals surface area contributed by atoms with E-state index in [1.54, 1.807) is 6.07 Å². The van der Waals surface area contributed by atoms with E-state index in [4.69, 9.17) is 4.74 Å². The van der Waals surface area contributed by atoms with Crippen molar-refractivity contribution in [2.24, 2.45) is 0 Å². The second-order valence-electron chi connectivity index (χ2n) is 5.59. The van der Waals surface area contributed by atoms with Gasteiger partial charge in [0.25, 0.3) is 0 Å². The second kappa shape index (κ2) is 6.58. The highest BCUT2D eigenvalue weighted by Gasteiger charge is 2.13. The third-order valence-electron chi connectivity index (χ3n) is 3.51. The van der Waals surface area contributed by atoms with Crippen LogP contribution in [0.4, 0.5) is 0 Å². The second-order valence-corrected chi connectivity index (χ2v) is 5.59. The fraction of sp³-hybridized carbons (Fsp3) is 0.158. The highest BCUT2D eigenvalue weighted by Crippen LogP contribution is 2.29. The van der Waals surface area contributed by atoms with E-state index in [1.165, 1.54) is 18.8 Å². The van der Waals surface area contributed by atoms with E-state index in [0.717, 1.165) is 11.1 Å². The minimum absolute atomic E-state index is 0.380. The zero-order chi connectivity index (χ0) is 17.1. The molecule has 0 fully saturated rings. The lowest BCUT2D eigenvalue weighted by Crippen LogP contribution is -2.04. The van der Waals surface area contributed by atoms with E-state index in [2.05, 4.69) is 15.0 Å². The molecule has 1 heterocycles. The van der Waals surface area contributed by atoms with Gasteiger partial charge in [-0.1, -0.05) is 35.9 Å². The molecule has 0 atom stereocenters. The third-order valence-corrected chi connectivity index (χ3v) is 3.51. The Bertz CT molecular complexity index is 889. The standard InChI is InChI=1S/C19H17N3O2/c1-12-4-7-15(8-5-12)18-20-11-21-19(22-18)16-9-6-13(2)10-17(16)24-14(3)23/h4-11H,1-3H3. The van der Waals surface area contributed by atoms with Gasteiger partial charge in [-0.2, -0.15) is 0 Å². The van der Waals surface area contributed by atoms with Gasteiger partial charge in [0.2, 0.25) is 0 Å². The maximum absolute atomic E-state index is 11.4. The largest absolute Gasteiger partial charge is 0.426 e. The van der Waals surface area contributed by atoms with Crippen LogP contribution in [-0.4, -0.2) is 20.9 Å². The van der Waals surface area contributed by atoms with Crippen molar-refractivity contribution in [1.29, 1.82) is 0 Å². The lowest BCUT2D eigenvalue weighted by Gasteiger charge is -2.09. The number of esters is 1. The molecule has 0 bridgehead atoms. The minimum Gasteiger partial charge on any atom is -0.426 e. The van der Waals surface area contributed by atoms with Crippen LogP contribution in [0.25, 0.3) is 22.8 Å². The van der Waals surface area contributed by atoms with Crippen molar-refractivity contribution in [3.63, 3.8) is 0 Å². The van der Waals surface area contributed by atoms with Crippen molar-refractivity contribution in [2.45, 2.75) is 20.8 Å². The first-order valence-electron chi connectivity index (χ1n) is 7.58. The summed E-state index contributed by atoms with van der Waals surface area (Å²) >= 11 is 0. The number of hydrogen-bond acceptors (Lipinski definition) is 5. The average Bonchev–Trinajstić information content (AvgIpc) is 2.55. The van der Waals surface area contributed by atoms with Crippen LogP contribution in [0.2, 0.25) is 0 Å². The maximum Gasteiger partial charge on any atom is 0.308 e. The Hall–Kier alpha value is -3.08. The summed E-state index contributed by atoms with van der Waals surface area (Å²) in [6, 6.07) is 13.5. The first-order chi connectivity index (χ1) is 11.5. The first kappa shape index (κ1) is 15.8. The molecule has 0 unspecified atom stereocenters. The summed E-state index contributed by atoms with van der Waals surface area (Å²) in [7, 11) is 0. The molecule has 24 heavy (non-hydrogen) atoms. The number of nitrogens with zero attached hydrogens (tertiary/aromatic N) is 3. The molecule has 0 spiro atoms. The molecule has 120 valence electrons. The summed E-state index contributed by atoms with van der Waals surface area (Å²) in [4.78, 5) is 24.4. The van der Waals surface area contributed by atoms with Gasteiger partial charge in [0.15, 0.2) is 11.6 Å². The fourth-order valence-electron chi connectivity index (χ4n) is 2.32. The van der Waals surface area contributed by atoms with Crippen LogP contribution in [-0.2, 0) is 4.79 Å². The van der Waals surface area contributed by atoms with Gasteiger partial charge in [-0.15, -0.1) is 0 Å². The lowest BCUT2D eigenvalue weighted by molar-refractivity contribution is -0.131. The summed E-state index contributed by atoms with van der Waals surface area (Å²) < 4.78 is 5.30. The number of aryl methyl sites for hydroxylation is 2. The van der Waals surface area contributed by atoms with Gasteiger partial charge in [-0.25, -0.2) is 15.0 Å². The van der Waals surface area contributed by atoms with Crippen LogP contribution in [0.3, 0.4) is 0 Å². The molecule has 3 aromatic rings. The summed E-state index contributed by atoms with van der Waals surface area (Å²) in [6.45, 7) is 5.33. The Balaban J connectivity index is 2.06. The van der Waals surface area contributed by atoms with E-state index in [1.807, 2.05) is 50.2 Å². The van der Waals surface area contributed by atoms with Gasteiger partial charge in [0, 0.05) is 12.5 Å². The van der Waals surface area contributed by atoms with Crippen LogP contribution < -0.4 is 4.74 Å². The van der Waals surface area contributed by atoms with Crippen LogP contribution >= 0.6 is 0 Å². The molecule has 2 aromatic carbocycles. The number of carbonyl (C=O) groups excluding carboxylic acids is 1.